The minimum Gasteiger partial charge on any atom is -0.354 e. The van der Waals surface area contributed by atoms with Crippen LogP contribution in [0.3, 0.4) is 0 Å². The van der Waals surface area contributed by atoms with E-state index in [1.807, 2.05) is 11.3 Å². The molecule has 1 aliphatic heterocycles. The zero-order valence-electron chi connectivity index (χ0n) is 15.7. The number of nitrogens with zero attached hydrogens (tertiary/aromatic N) is 5. The van der Waals surface area contributed by atoms with Gasteiger partial charge in [-0.2, -0.15) is 0 Å². The first-order chi connectivity index (χ1) is 13.8. The van der Waals surface area contributed by atoms with Crippen LogP contribution in [0.4, 0.5) is 0 Å². The highest BCUT2D eigenvalue weighted by molar-refractivity contribution is 7.15. The van der Waals surface area contributed by atoms with E-state index in [1.165, 1.54) is 26.3 Å². The van der Waals surface area contributed by atoms with Crippen LogP contribution >= 0.6 is 11.3 Å². The lowest BCUT2D eigenvalue weighted by molar-refractivity contribution is -0.122. The summed E-state index contributed by atoms with van der Waals surface area (Å²) in [6, 6.07) is 15.0. The SMILES string of the molecule is O=C(Cn1cnnn1)NCC1CCN(Cc2ccc(-c3ccccc3)s2)CC1. The number of piperidine rings is 1. The maximum Gasteiger partial charge on any atom is 0.241 e. The Morgan fingerprint density at radius 2 is 1.96 bits per heavy atom. The summed E-state index contributed by atoms with van der Waals surface area (Å²) < 4.78 is 1.43. The predicted molar refractivity (Wildman–Crippen MR) is 109 cm³/mol. The summed E-state index contributed by atoms with van der Waals surface area (Å²) in [4.78, 5) is 17.2. The van der Waals surface area contributed by atoms with E-state index in [0.29, 0.717) is 5.92 Å². The highest BCUT2D eigenvalue weighted by Gasteiger charge is 2.20. The normalized spacial score (nSPS) is 15.6. The van der Waals surface area contributed by atoms with Crippen LogP contribution < -0.4 is 5.32 Å². The van der Waals surface area contributed by atoms with Crippen molar-refractivity contribution in [1.82, 2.24) is 30.4 Å². The molecule has 0 aliphatic carbocycles. The number of amides is 1. The Balaban J connectivity index is 1.19. The van der Waals surface area contributed by atoms with Crippen molar-refractivity contribution < 1.29 is 4.79 Å². The Hall–Kier alpha value is -2.58. The molecule has 0 spiro atoms. The van der Waals surface area contributed by atoms with Gasteiger partial charge in [-0.1, -0.05) is 30.3 Å². The van der Waals surface area contributed by atoms with Crippen molar-refractivity contribution in [2.24, 2.45) is 5.92 Å². The monoisotopic (exact) mass is 396 g/mol. The first kappa shape index (κ1) is 18.8. The Morgan fingerprint density at radius 1 is 1.14 bits per heavy atom. The number of aromatic nitrogens is 4. The molecule has 1 N–H and O–H groups in total. The van der Waals surface area contributed by atoms with E-state index in [1.54, 1.807) is 0 Å². The maximum absolute atomic E-state index is 11.9. The molecule has 0 bridgehead atoms. The van der Waals surface area contributed by atoms with E-state index in [2.05, 4.69) is 68.2 Å². The van der Waals surface area contributed by atoms with Gasteiger partial charge < -0.3 is 5.32 Å². The molecular weight excluding hydrogens is 372 g/mol. The lowest BCUT2D eigenvalue weighted by Crippen LogP contribution is -2.39. The van der Waals surface area contributed by atoms with Gasteiger partial charge in [-0.3, -0.25) is 9.69 Å². The molecule has 1 aromatic carbocycles. The van der Waals surface area contributed by atoms with E-state index >= 15 is 0 Å². The second-order valence-electron chi connectivity index (χ2n) is 7.16. The molecule has 3 aromatic rings. The third kappa shape index (κ3) is 5.02. The molecule has 0 saturated carbocycles. The molecule has 0 unspecified atom stereocenters. The highest BCUT2D eigenvalue weighted by Crippen LogP contribution is 2.29. The summed E-state index contributed by atoms with van der Waals surface area (Å²) in [6.07, 6.45) is 3.68. The fraction of sp³-hybridized carbons (Fsp3) is 0.400. The second-order valence-corrected chi connectivity index (χ2v) is 8.33. The standard InChI is InChI=1S/C20H24N6OS/c27-20(14-26-15-22-23-24-26)21-12-16-8-10-25(11-9-16)13-18-6-7-19(28-18)17-4-2-1-3-5-17/h1-7,15-16H,8-14H2,(H,21,27). The van der Waals surface area contributed by atoms with Crippen LogP contribution in [0.1, 0.15) is 17.7 Å². The van der Waals surface area contributed by atoms with Gasteiger partial charge in [0.05, 0.1) is 0 Å². The number of tetrazole rings is 1. The Labute approximate surface area is 168 Å². The summed E-state index contributed by atoms with van der Waals surface area (Å²) in [7, 11) is 0. The van der Waals surface area contributed by atoms with Crippen LogP contribution in [0.25, 0.3) is 10.4 Å². The van der Waals surface area contributed by atoms with E-state index in [4.69, 9.17) is 0 Å². The molecule has 2 aromatic heterocycles. The minimum atomic E-state index is -0.0400. The number of benzene rings is 1. The first-order valence-electron chi connectivity index (χ1n) is 9.60. The number of nitrogens with one attached hydrogen (secondary N) is 1. The van der Waals surface area contributed by atoms with Crippen molar-refractivity contribution in [2.75, 3.05) is 19.6 Å². The van der Waals surface area contributed by atoms with Crippen LogP contribution in [0.2, 0.25) is 0 Å². The third-order valence-electron chi connectivity index (χ3n) is 5.09. The first-order valence-corrected chi connectivity index (χ1v) is 10.4. The lowest BCUT2D eigenvalue weighted by atomic mass is 9.97. The quantitative estimate of drug-likeness (QED) is 0.664. The van der Waals surface area contributed by atoms with Crippen LogP contribution in [-0.4, -0.2) is 50.6 Å². The van der Waals surface area contributed by atoms with Crippen molar-refractivity contribution in [2.45, 2.75) is 25.9 Å². The van der Waals surface area contributed by atoms with Crippen LogP contribution in [0, 0.1) is 5.92 Å². The second kappa shape index (κ2) is 9.07. The molecule has 7 nitrogen and oxygen atoms in total. The molecule has 3 heterocycles. The van der Waals surface area contributed by atoms with Crippen molar-refractivity contribution in [1.29, 1.82) is 0 Å². The van der Waals surface area contributed by atoms with Gasteiger partial charge in [-0.05, 0) is 60.0 Å². The van der Waals surface area contributed by atoms with Gasteiger partial charge in [-0.25, -0.2) is 4.68 Å². The van der Waals surface area contributed by atoms with E-state index in [-0.39, 0.29) is 12.5 Å². The fourth-order valence-corrected chi connectivity index (χ4v) is 4.56. The zero-order valence-corrected chi connectivity index (χ0v) is 16.5. The number of carbonyl (C=O) groups excluding carboxylic acids is 1. The molecule has 1 aliphatic rings. The van der Waals surface area contributed by atoms with E-state index in [0.717, 1.165) is 39.0 Å². The van der Waals surface area contributed by atoms with Crippen LogP contribution in [-0.2, 0) is 17.9 Å². The molecule has 0 radical (unpaired) electrons. The van der Waals surface area contributed by atoms with Crippen LogP contribution in [0.15, 0.2) is 48.8 Å². The highest BCUT2D eigenvalue weighted by atomic mass is 32.1. The average molecular weight is 397 g/mol. The summed E-state index contributed by atoms with van der Waals surface area (Å²) in [5, 5.41) is 13.8. The molecule has 0 atom stereocenters. The molecule has 1 fully saturated rings. The van der Waals surface area contributed by atoms with E-state index < -0.39 is 0 Å². The zero-order chi connectivity index (χ0) is 19.2. The van der Waals surface area contributed by atoms with Gasteiger partial charge in [0, 0.05) is 22.8 Å². The smallest absolute Gasteiger partial charge is 0.241 e. The number of rotatable bonds is 7. The number of hydrogen-bond donors (Lipinski definition) is 1. The summed E-state index contributed by atoms with van der Waals surface area (Å²) in [5.41, 5.74) is 1.29. The van der Waals surface area contributed by atoms with Gasteiger partial charge in [0.15, 0.2) is 0 Å². The van der Waals surface area contributed by atoms with Gasteiger partial charge in [-0.15, -0.1) is 16.4 Å². The summed E-state index contributed by atoms with van der Waals surface area (Å²) in [5.74, 6) is 0.499. The minimum absolute atomic E-state index is 0.0400. The van der Waals surface area contributed by atoms with Crippen LogP contribution in [0.5, 0.6) is 0 Å². The number of hydrogen-bond acceptors (Lipinski definition) is 6. The molecule has 146 valence electrons. The van der Waals surface area contributed by atoms with E-state index in [9.17, 15) is 4.79 Å². The predicted octanol–water partition coefficient (Wildman–Crippen LogP) is 2.43. The summed E-state index contributed by atoms with van der Waals surface area (Å²) >= 11 is 1.88. The molecule has 8 heteroatoms. The molecular formula is C20H24N6OS. The van der Waals surface area contributed by atoms with Crippen molar-refractivity contribution in [3.8, 4) is 10.4 Å². The molecule has 1 amide bonds. The maximum atomic E-state index is 11.9. The fourth-order valence-electron chi connectivity index (χ4n) is 3.50. The average Bonchev–Trinajstić information content (AvgIpc) is 3.40. The number of carbonyl (C=O) groups is 1. The third-order valence-corrected chi connectivity index (χ3v) is 6.21. The lowest BCUT2D eigenvalue weighted by Gasteiger charge is -2.31. The topological polar surface area (TPSA) is 75.9 Å². The summed E-state index contributed by atoms with van der Waals surface area (Å²) in [6.45, 7) is 4.06. The van der Waals surface area contributed by atoms with Gasteiger partial charge in [0.25, 0.3) is 0 Å². The van der Waals surface area contributed by atoms with Crippen molar-refractivity contribution >= 4 is 17.2 Å². The molecule has 28 heavy (non-hydrogen) atoms. The van der Waals surface area contributed by atoms with Crippen molar-refractivity contribution in [3.63, 3.8) is 0 Å². The van der Waals surface area contributed by atoms with Gasteiger partial charge in [0.2, 0.25) is 5.91 Å². The molecule has 1 saturated heterocycles. The van der Waals surface area contributed by atoms with Crippen molar-refractivity contribution in [3.05, 3.63) is 53.7 Å². The molecule has 4 rings (SSSR count). The Bertz CT molecular complexity index is 871. The Kier molecular flexibility index (Phi) is 6.08. The number of thiophene rings is 1. The Morgan fingerprint density at radius 3 is 2.71 bits per heavy atom. The van der Waals surface area contributed by atoms with Gasteiger partial charge >= 0.3 is 0 Å². The van der Waals surface area contributed by atoms with Gasteiger partial charge in [0.1, 0.15) is 12.9 Å². The number of likely N-dealkylation sites (tertiary alicyclic amines) is 1. The largest absolute Gasteiger partial charge is 0.354 e.